The summed E-state index contributed by atoms with van der Waals surface area (Å²) in [6.07, 6.45) is 5.27. The van der Waals surface area contributed by atoms with Crippen LogP contribution in [-0.4, -0.2) is 46.8 Å². The number of rotatable bonds is 5. The second-order valence-corrected chi connectivity index (χ2v) is 7.51. The van der Waals surface area contributed by atoms with Crippen LogP contribution in [0.4, 0.5) is 8.78 Å². The van der Waals surface area contributed by atoms with E-state index in [4.69, 9.17) is 16.9 Å². The molecule has 160 valence electrons. The molecule has 31 heavy (non-hydrogen) atoms. The number of halogens is 3. The van der Waals surface area contributed by atoms with Crippen LogP contribution in [0.25, 0.3) is 12.2 Å². The molecule has 1 fully saturated rings. The second kappa shape index (κ2) is 9.67. The zero-order chi connectivity index (χ0) is 22.4. The molecule has 9 heteroatoms. The molecule has 1 saturated heterocycles. The number of nitriles is 1. The number of carbonyl (C=O) groups is 2. The van der Waals surface area contributed by atoms with E-state index in [0.29, 0.717) is 16.1 Å². The molecule has 2 amide bonds. The topological polar surface area (TPSA) is 86.1 Å². The largest absolute Gasteiger partial charge is 0.343 e. The Morgan fingerprint density at radius 2 is 2.03 bits per heavy atom. The fraction of sp³-hybridized carbons (Fsp3) is 0.273. The van der Waals surface area contributed by atoms with Gasteiger partial charge in [-0.05, 0) is 23.8 Å². The Kier molecular flexibility index (Phi) is 6.98. The number of alkyl halides is 2. The Hall–Kier alpha value is -3.31. The van der Waals surface area contributed by atoms with Gasteiger partial charge in [-0.15, -0.1) is 0 Å². The molecule has 0 radical (unpaired) electrons. The minimum Gasteiger partial charge on any atom is -0.343 e. The van der Waals surface area contributed by atoms with Crippen molar-refractivity contribution in [3.63, 3.8) is 0 Å². The number of aromatic nitrogens is 1. The van der Waals surface area contributed by atoms with Crippen molar-refractivity contribution in [1.29, 1.82) is 5.26 Å². The van der Waals surface area contributed by atoms with Crippen LogP contribution >= 0.6 is 11.6 Å². The van der Waals surface area contributed by atoms with Gasteiger partial charge in [0.1, 0.15) is 6.04 Å². The van der Waals surface area contributed by atoms with Crippen LogP contribution < -0.4 is 5.32 Å². The zero-order valence-corrected chi connectivity index (χ0v) is 17.1. The van der Waals surface area contributed by atoms with Crippen molar-refractivity contribution in [2.75, 3.05) is 13.1 Å². The van der Waals surface area contributed by atoms with Gasteiger partial charge in [-0.25, -0.2) is 8.78 Å². The highest BCUT2D eigenvalue weighted by atomic mass is 35.5. The highest BCUT2D eigenvalue weighted by Gasteiger charge is 2.42. The van der Waals surface area contributed by atoms with Crippen molar-refractivity contribution in [2.45, 2.75) is 24.8 Å². The maximum Gasteiger partial charge on any atom is 0.252 e. The Morgan fingerprint density at radius 1 is 1.29 bits per heavy atom. The Balaban J connectivity index is 1.65. The normalized spacial score (nSPS) is 17.9. The molecule has 2 aromatic rings. The minimum absolute atomic E-state index is 0.232. The number of nitrogens with zero attached hydrogens (tertiary/aromatic N) is 3. The predicted molar refractivity (Wildman–Crippen MR) is 112 cm³/mol. The van der Waals surface area contributed by atoms with Crippen LogP contribution in [0.2, 0.25) is 5.02 Å². The maximum absolute atomic E-state index is 13.5. The van der Waals surface area contributed by atoms with Crippen molar-refractivity contribution < 1.29 is 18.4 Å². The van der Waals surface area contributed by atoms with Gasteiger partial charge in [0.2, 0.25) is 5.91 Å². The molecule has 1 aromatic heterocycles. The lowest BCUT2D eigenvalue weighted by atomic mass is 9.99. The highest BCUT2D eigenvalue weighted by molar-refractivity contribution is 6.30. The van der Waals surface area contributed by atoms with E-state index in [-0.39, 0.29) is 6.54 Å². The molecule has 1 aromatic carbocycles. The summed E-state index contributed by atoms with van der Waals surface area (Å²) >= 11 is 5.87. The molecule has 6 nitrogen and oxygen atoms in total. The lowest BCUT2D eigenvalue weighted by Gasteiger charge is -2.35. The molecule has 0 spiro atoms. The molecule has 3 rings (SSSR count). The van der Waals surface area contributed by atoms with Crippen molar-refractivity contribution in [3.05, 3.63) is 64.4 Å². The third-order valence-electron chi connectivity index (χ3n) is 4.88. The van der Waals surface area contributed by atoms with E-state index in [1.54, 1.807) is 30.4 Å². The Morgan fingerprint density at radius 3 is 2.74 bits per heavy atom. The van der Waals surface area contributed by atoms with Crippen LogP contribution in [0.3, 0.4) is 0 Å². The maximum atomic E-state index is 13.5. The van der Waals surface area contributed by atoms with Gasteiger partial charge in [-0.3, -0.25) is 14.6 Å². The van der Waals surface area contributed by atoms with Crippen LogP contribution in [0.5, 0.6) is 0 Å². The van der Waals surface area contributed by atoms with Gasteiger partial charge in [0, 0.05) is 47.9 Å². The molecule has 1 N–H and O–H groups in total. The number of nitrogens with one attached hydrogen (secondary N) is 1. The first-order valence-electron chi connectivity index (χ1n) is 9.52. The lowest BCUT2D eigenvalue weighted by Crippen LogP contribution is -2.51. The van der Waals surface area contributed by atoms with E-state index in [9.17, 15) is 18.4 Å². The number of amides is 2. The minimum atomic E-state index is -2.97. The van der Waals surface area contributed by atoms with Gasteiger partial charge in [-0.1, -0.05) is 35.9 Å². The van der Waals surface area contributed by atoms with E-state index in [0.717, 1.165) is 10.5 Å². The van der Waals surface area contributed by atoms with E-state index < -0.39 is 43.2 Å². The summed E-state index contributed by atoms with van der Waals surface area (Å²) in [6.45, 7) is -0.629. The van der Waals surface area contributed by atoms with Crippen LogP contribution in [0.1, 0.15) is 34.3 Å². The van der Waals surface area contributed by atoms with Crippen LogP contribution in [-0.2, 0) is 4.79 Å². The van der Waals surface area contributed by atoms with Gasteiger partial charge in [0.25, 0.3) is 11.8 Å². The molecular formula is C22H19ClF2N4O2. The second-order valence-electron chi connectivity index (χ2n) is 7.07. The van der Waals surface area contributed by atoms with Gasteiger partial charge in [0.05, 0.1) is 12.6 Å². The van der Waals surface area contributed by atoms with Gasteiger partial charge < -0.3 is 10.2 Å². The summed E-state index contributed by atoms with van der Waals surface area (Å²) in [5.74, 6) is -4.06. The molecule has 1 atom stereocenters. The summed E-state index contributed by atoms with van der Waals surface area (Å²) in [6, 6.07) is 9.17. The molecule has 0 aliphatic carbocycles. The van der Waals surface area contributed by atoms with Crippen molar-refractivity contribution >= 4 is 35.6 Å². The third kappa shape index (κ3) is 5.86. The van der Waals surface area contributed by atoms with Gasteiger partial charge >= 0.3 is 0 Å². The average Bonchev–Trinajstić information content (AvgIpc) is 2.76. The number of pyridine rings is 1. The number of carbonyl (C=O) groups excluding carboxylic acids is 2. The standard InChI is InChI=1S/C22H19ClF2N4O2/c23-17-5-2-15(3-6-17)1-4-16-13-27-9-7-19(16)21(31)28-14-20(30)29-10-8-22(24,25)11-18(29)12-26/h1-7,9,13,18H,8,10-11,14H2,(H,28,31)/b4-1+/t18-/m0/s1. The SMILES string of the molecule is N#C[C@@H]1CC(F)(F)CCN1C(=O)CNC(=O)c1ccncc1/C=C/c1ccc(Cl)cc1. The summed E-state index contributed by atoms with van der Waals surface area (Å²) in [4.78, 5) is 30.1. The fourth-order valence-corrected chi connectivity index (χ4v) is 3.33. The van der Waals surface area contributed by atoms with E-state index in [2.05, 4.69) is 10.3 Å². The zero-order valence-electron chi connectivity index (χ0n) is 16.4. The highest BCUT2D eigenvalue weighted by Crippen LogP contribution is 2.31. The summed E-state index contributed by atoms with van der Waals surface area (Å²) < 4.78 is 27.0. The van der Waals surface area contributed by atoms with Crippen molar-refractivity contribution in [3.8, 4) is 6.07 Å². The van der Waals surface area contributed by atoms with E-state index in [1.807, 2.05) is 12.1 Å². The fourth-order valence-electron chi connectivity index (χ4n) is 3.21. The summed E-state index contributed by atoms with van der Waals surface area (Å²) in [5.41, 5.74) is 1.71. The number of hydrogen-bond donors (Lipinski definition) is 1. The Bertz CT molecular complexity index is 1030. The molecule has 0 saturated carbocycles. The van der Waals surface area contributed by atoms with Crippen LogP contribution in [0, 0.1) is 11.3 Å². The summed E-state index contributed by atoms with van der Waals surface area (Å²) in [5, 5.41) is 12.2. The van der Waals surface area contributed by atoms with Crippen molar-refractivity contribution in [2.24, 2.45) is 0 Å². The number of piperidine rings is 1. The number of benzene rings is 1. The third-order valence-corrected chi connectivity index (χ3v) is 5.13. The lowest BCUT2D eigenvalue weighted by molar-refractivity contribution is -0.139. The number of hydrogen-bond acceptors (Lipinski definition) is 4. The molecule has 1 aliphatic heterocycles. The average molecular weight is 445 g/mol. The first kappa shape index (κ1) is 22.4. The molecule has 2 heterocycles. The monoisotopic (exact) mass is 444 g/mol. The predicted octanol–water partition coefficient (Wildman–Crippen LogP) is 3.79. The molecular weight excluding hydrogens is 426 g/mol. The van der Waals surface area contributed by atoms with Gasteiger partial charge in [0.15, 0.2) is 0 Å². The summed E-state index contributed by atoms with van der Waals surface area (Å²) in [7, 11) is 0. The first-order valence-corrected chi connectivity index (χ1v) is 9.90. The molecule has 1 aliphatic rings. The number of likely N-dealkylation sites (tertiary alicyclic amines) is 1. The van der Waals surface area contributed by atoms with E-state index in [1.165, 1.54) is 18.5 Å². The van der Waals surface area contributed by atoms with E-state index >= 15 is 0 Å². The first-order chi connectivity index (χ1) is 14.8. The van der Waals surface area contributed by atoms with Gasteiger partial charge in [-0.2, -0.15) is 5.26 Å². The molecule has 0 bridgehead atoms. The molecule has 0 unspecified atom stereocenters. The smallest absolute Gasteiger partial charge is 0.252 e. The van der Waals surface area contributed by atoms with Crippen LogP contribution in [0.15, 0.2) is 42.7 Å². The van der Waals surface area contributed by atoms with Crippen molar-refractivity contribution in [1.82, 2.24) is 15.2 Å². The Labute approximate surface area is 183 Å². The quantitative estimate of drug-likeness (QED) is 0.760.